The maximum absolute atomic E-state index is 12.2. The van der Waals surface area contributed by atoms with E-state index >= 15 is 0 Å². The van der Waals surface area contributed by atoms with Gasteiger partial charge in [0, 0.05) is 17.3 Å². The van der Waals surface area contributed by atoms with E-state index in [2.05, 4.69) is 15.4 Å². The Morgan fingerprint density at radius 3 is 2.52 bits per heavy atom. The van der Waals surface area contributed by atoms with Crippen molar-refractivity contribution in [1.82, 2.24) is 14.8 Å². The minimum Gasteiger partial charge on any atom is -0.309 e. The smallest absolute Gasteiger partial charge is 0.267 e. The van der Waals surface area contributed by atoms with Crippen molar-refractivity contribution in [2.24, 2.45) is 0 Å². The molecule has 6 heteroatoms. The van der Waals surface area contributed by atoms with E-state index in [9.17, 15) is 9.59 Å². The Kier molecular flexibility index (Phi) is 4.70. The standard InChI is InChI=1S/C19H18N4O2/c1-13-6-8-15(9-7-13)16-10-11-19(25)23(22-16)12-18(24)21-17-5-3-4-14(2)20-17/h3-11H,12H2,1-2H3,(H,20,21,24). The Bertz CT molecular complexity index is 962. The molecule has 3 rings (SSSR count). The minimum absolute atomic E-state index is 0.172. The number of anilines is 1. The minimum atomic E-state index is -0.353. The third-order valence-corrected chi connectivity index (χ3v) is 3.66. The lowest BCUT2D eigenvalue weighted by atomic mass is 10.1. The van der Waals surface area contributed by atoms with Crippen LogP contribution in [0.4, 0.5) is 5.82 Å². The number of aromatic nitrogens is 3. The van der Waals surface area contributed by atoms with Gasteiger partial charge in [-0.2, -0.15) is 5.10 Å². The van der Waals surface area contributed by atoms with Crippen LogP contribution in [-0.4, -0.2) is 20.7 Å². The lowest BCUT2D eigenvalue weighted by Crippen LogP contribution is -2.29. The summed E-state index contributed by atoms with van der Waals surface area (Å²) in [7, 11) is 0. The Labute approximate surface area is 145 Å². The third kappa shape index (κ3) is 4.17. The molecule has 0 atom stereocenters. The van der Waals surface area contributed by atoms with Crippen LogP contribution in [0.25, 0.3) is 11.3 Å². The highest BCUT2D eigenvalue weighted by molar-refractivity contribution is 5.89. The van der Waals surface area contributed by atoms with Crippen molar-refractivity contribution in [3.05, 3.63) is 76.2 Å². The van der Waals surface area contributed by atoms with Gasteiger partial charge in [0.15, 0.2) is 0 Å². The summed E-state index contributed by atoms with van der Waals surface area (Å²) in [4.78, 5) is 28.4. The van der Waals surface area contributed by atoms with Crippen LogP contribution in [0, 0.1) is 13.8 Å². The zero-order valence-corrected chi connectivity index (χ0v) is 14.1. The van der Waals surface area contributed by atoms with Gasteiger partial charge in [-0.25, -0.2) is 9.67 Å². The van der Waals surface area contributed by atoms with Gasteiger partial charge in [-0.15, -0.1) is 0 Å². The molecule has 3 aromatic rings. The number of aryl methyl sites for hydroxylation is 2. The monoisotopic (exact) mass is 334 g/mol. The Hall–Kier alpha value is -3.28. The van der Waals surface area contributed by atoms with E-state index in [1.807, 2.05) is 44.2 Å². The summed E-state index contributed by atoms with van der Waals surface area (Å²) in [5.41, 5.74) is 3.14. The van der Waals surface area contributed by atoms with Crippen LogP contribution in [0.5, 0.6) is 0 Å². The van der Waals surface area contributed by atoms with Gasteiger partial charge in [0.1, 0.15) is 12.4 Å². The molecule has 0 fully saturated rings. The Balaban J connectivity index is 1.80. The average molecular weight is 334 g/mol. The van der Waals surface area contributed by atoms with Gasteiger partial charge < -0.3 is 5.32 Å². The highest BCUT2D eigenvalue weighted by Crippen LogP contribution is 2.15. The molecule has 0 saturated carbocycles. The van der Waals surface area contributed by atoms with Crippen molar-refractivity contribution < 1.29 is 4.79 Å². The summed E-state index contributed by atoms with van der Waals surface area (Å²) < 4.78 is 1.15. The van der Waals surface area contributed by atoms with Crippen molar-refractivity contribution in [3.8, 4) is 11.3 Å². The molecule has 2 heterocycles. The van der Waals surface area contributed by atoms with Crippen LogP contribution in [0.1, 0.15) is 11.3 Å². The number of nitrogens with one attached hydrogen (secondary N) is 1. The second-order valence-electron chi connectivity index (χ2n) is 5.79. The molecule has 6 nitrogen and oxygen atoms in total. The molecule has 0 bridgehead atoms. The van der Waals surface area contributed by atoms with Gasteiger partial charge in [0.2, 0.25) is 5.91 Å². The number of benzene rings is 1. The second-order valence-corrected chi connectivity index (χ2v) is 5.79. The van der Waals surface area contributed by atoms with Gasteiger partial charge in [-0.3, -0.25) is 9.59 Å². The molecule has 0 aliphatic rings. The average Bonchev–Trinajstić information content (AvgIpc) is 2.57. The summed E-state index contributed by atoms with van der Waals surface area (Å²) in [6.45, 7) is 3.67. The Morgan fingerprint density at radius 2 is 1.80 bits per heavy atom. The highest BCUT2D eigenvalue weighted by atomic mass is 16.2. The van der Waals surface area contributed by atoms with E-state index in [0.717, 1.165) is 21.5 Å². The van der Waals surface area contributed by atoms with Gasteiger partial charge in [0.05, 0.1) is 5.69 Å². The fraction of sp³-hybridized carbons (Fsp3) is 0.158. The topological polar surface area (TPSA) is 76.9 Å². The molecule has 0 spiro atoms. The van der Waals surface area contributed by atoms with Crippen molar-refractivity contribution >= 4 is 11.7 Å². The molecular weight excluding hydrogens is 316 g/mol. The molecule has 0 unspecified atom stereocenters. The van der Waals surface area contributed by atoms with E-state index in [4.69, 9.17) is 0 Å². The maximum Gasteiger partial charge on any atom is 0.267 e. The maximum atomic E-state index is 12.2. The van der Waals surface area contributed by atoms with Gasteiger partial charge in [-0.05, 0) is 32.0 Å². The molecule has 25 heavy (non-hydrogen) atoms. The van der Waals surface area contributed by atoms with E-state index in [0.29, 0.717) is 11.5 Å². The number of amides is 1. The molecule has 1 N–H and O–H groups in total. The van der Waals surface area contributed by atoms with Gasteiger partial charge >= 0.3 is 0 Å². The number of hydrogen-bond acceptors (Lipinski definition) is 4. The van der Waals surface area contributed by atoms with E-state index in [1.54, 1.807) is 18.2 Å². The normalized spacial score (nSPS) is 10.5. The van der Waals surface area contributed by atoms with Crippen LogP contribution in [0.3, 0.4) is 0 Å². The molecule has 126 valence electrons. The zero-order valence-electron chi connectivity index (χ0n) is 14.1. The van der Waals surface area contributed by atoms with Crippen LogP contribution >= 0.6 is 0 Å². The largest absolute Gasteiger partial charge is 0.309 e. The summed E-state index contributed by atoms with van der Waals surface area (Å²) >= 11 is 0. The van der Waals surface area contributed by atoms with E-state index in [-0.39, 0.29) is 18.0 Å². The van der Waals surface area contributed by atoms with Crippen molar-refractivity contribution in [3.63, 3.8) is 0 Å². The lowest BCUT2D eigenvalue weighted by Gasteiger charge is -2.08. The fourth-order valence-corrected chi connectivity index (χ4v) is 2.37. The van der Waals surface area contributed by atoms with E-state index in [1.165, 1.54) is 6.07 Å². The molecule has 1 aromatic carbocycles. The van der Waals surface area contributed by atoms with Crippen molar-refractivity contribution in [2.75, 3.05) is 5.32 Å². The fourth-order valence-electron chi connectivity index (χ4n) is 2.37. The first-order chi connectivity index (χ1) is 12.0. The van der Waals surface area contributed by atoms with Gasteiger partial charge in [-0.1, -0.05) is 35.9 Å². The predicted molar refractivity (Wildman–Crippen MR) is 96.3 cm³/mol. The summed E-state index contributed by atoms with van der Waals surface area (Å²) in [6.07, 6.45) is 0. The third-order valence-electron chi connectivity index (χ3n) is 3.66. The number of pyridine rings is 1. The zero-order chi connectivity index (χ0) is 17.8. The first kappa shape index (κ1) is 16.6. The summed E-state index contributed by atoms with van der Waals surface area (Å²) in [5, 5.41) is 6.97. The number of carbonyl (C=O) groups is 1. The van der Waals surface area contributed by atoms with Crippen LogP contribution in [0.15, 0.2) is 59.4 Å². The number of rotatable bonds is 4. The molecule has 1 amide bonds. The van der Waals surface area contributed by atoms with Crippen LogP contribution in [-0.2, 0) is 11.3 Å². The predicted octanol–water partition coefficient (Wildman–Crippen LogP) is 2.56. The summed E-state index contributed by atoms with van der Waals surface area (Å²) in [5.74, 6) is 0.0986. The second kappa shape index (κ2) is 7.09. The van der Waals surface area contributed by atoms with Crippen LogP contribution in [0.2, 0.25) is 0 Å². The SMILES string of the molecule is Cc1ccc(-c2ccc(=O)n(CC(=O)Nc3cccc(C)n3)n2)cc1. The Morgan fingerprint density at radius 1 is 1.04 bits per heavy atom. The number of carbonyl (C=O) groups excluding carboxylic acids is 1. The first-order valence-corrected chi connectivity index (χ1v) is 7.90. The summed E-state index contributed by atoms with van der Waals surface area (Å²) in [6, 6.07) is 16.2. The van der Waals surface area contributed by atoms with Crippen LogP contribution < -0.4 is 10.9 Å². The van der Waals surface area contributed by atoms with Gasteiger partial charge in [0.25, 0.3) is 5.56 Å². The van der Waals surface area contributed by atoms with Crippen molar-refractivity contribution in [1.29, 1.82) is 0 Å². The number of nitrogens with zero attached hydrogens (tertiary/aromatic N) is 3. The molecule has 0 radical (unpaired) electrons. The molecule has 0 saturated heterocycles. The molecular formula is C19H18N4O2. The van der Waals surface area contributed by atoms with Crippen molar-refractivity contribution in [2.45, 2.75) is 20.4 Å². The molecule has 0 aliphatic carbocycles. The highest BCUT2D eigenvalue weighted by Gasteiger charge is 2.09. The first-order valence-electron chi connectivity index (χ1n) is 7.90. The lowest BCUT2D eigenvalue weighted by molar-refractivity contribution is -0.117. The quantitative estimate of drug-likeness (QED) is 0.795. The molecule has 0 aliphatic heterocycles. The molecule has 2 aromatic heterocycles. The number of hydrogen-bond donors (Lipinski definition) is 1. The van der Waals surface area contributed by atoms with E-state index < -0.39 is 0 Å².